The number of imide groups is 1. The summed E-state index contributed by atoms with van der Waals surface area (Å²) in [4.78, 5) is 36.8. The lowest BCUT2D eigenvalue weighted by Gasteiger charge is -2.30. The number of fused-ring (bicyclic) bond motifs is 1. The number of aliphatic carboxylic acids is 1. The summed E-state index contributed by atoms with van der Waals surface area (Å²) in [6.45, 7) is 3.07. The van der Waals surface area contributed by atoms with Gasteiger partial charge in [-0.15, -0.1) is 0 Å². The lowest BCUT2D eigenvalue weighted by Crippen LogP contribution is -2.53. The first-order valence-corrected chi connectivity index (χ1v) is 7.57. The second-order valence-corrected chi connectivity index (χ2v) is 6.51. The maximum Gasteiger partial charge on any atom is 0.263 e. The molecule has 1 heterocycles. The van der Waals surface area contributed by atoms with Crippen LogP contribution in [0.25, 0.3) is 0 Å². The van der Waals surface area contributed by atoms with Crippen LogP contribution in [0.2, 0.25) is 20.1 Å². The van der Waals surface area contributed by atoms with Gasteiger partial charge in [-0.05, 0) is 5.92 Å². The van der Waals surface area contributed by atoms with Gasteiger partial charge in [0, 0.05) is 0 Å². The maximum absolute atomic E-state index is 12.5. The van der Waals surface area contributed by atoms with E-state index in [1.54, 1.807) is 0 Å². The van der Waals surface area contributed by atoms with Crippen LogP contribution in [0.4, 0.5) is 0 Å². The van der Waals surface area contributed by atoms with Crippen molar-refractivity contribution in [3.05, 3.63) is 31.2 Å². The molecule has 1 aromatic carbocycles. The minimum Gasteiger partial charge on any atom is -0.548 e. The number of carboxylic acid groups (broad SMARTS) is 1. The normalized spacial score (nSPS) is 15.5. The topological polar surface area (TPSA) is 77.5 Å². The number of amides is 2. The molecule has 22 heavy (non-hydrogen) atoms. The van der Waals surface area contributed by atoms with Crippen LogP contribution in [0.3, 0.4) is 0 Å². The summed E-state index contributed by atoms with van der Waals surface area (Å²) < 4.78 is 0. The molecule has 0 bridgehead atoms. The minimum absolute atomic E-state index is 0.176. The summed E-state index contributed by atoms with van der Waals surface area (Å²) >= 11 is 23.7. The monoisotopic (exact) mass is 382 g/mol. The van der Waals surface area contributed by atoms with E-state index in [-0.39, 0.29) is 31.2 Å². The van der Waals surface area contributed by atoms with Gasteiger partial charge in [-0.3, -0.25) is 14.5 Å². The number of carbonyl (C=O) groups is 3. The van der Waals surface area contributed by atoms with E-state index in [1.807, 2.05) is 0 Å². The molecule has 0 radical (unpaired) electrons. The predicted molar refractivity (Wildman–Crippen MR) is 80.6 cm³/mol. The zero-order chi connectivity index (χ0) is 16.9. The highest BCUT2D eigenvalue weighted by atomic mass is 35.5. The Morgan fingerprint density at radius 2 is 1.27 bits per heavy atom. The molecule has 0 saturated carbocycles. The van der Waals surface area contributed by atoms with Gasteiger partial charge >= 0.3 is 0 Å². The van der Waals surface area contributed by atoms with Crippen LogP contribution < -0.4 is 5.11 Å². The fourth-order valence-corrected chi connectivity index (χ4v) is 3.31. The molecule has 0 aromatic heterocycles. The largest absolute Gasteiger partial charge is 0.548 e. The molecule has 5 nitrogen and oxygen atoms in total. The number of nitrogens with zero attached hydrogens (tertiary/aromatic N) is 1. The third-order valence-electron chi connectivity index (χ3n) is 3.28. The van der Waals surface area contributed by atoms with Gasteiger partial charge < -0.3 is 9.90 Å². The van der Waals surface area contributed by atoms with Crippen molar-refractivity contribution >= 4 is 64.2 Å². The number of halogens is 4. The number of hydrogen-bond donors (Lipinski definition) is 0. The van der Waals surface area contributed by atoms with Gasteiger partial charge in [-0.25, -0.2) is 0 Å². The van der Waals surface area contributed by atoms with Crippen molar-refractivity contribution in [2.24, 2.45) is 5.92 Å². The number of benzene rings is 1. The van der Waals surface area contributed by atoms with Crippen LogP contribution in [0.5, 0.6) is 0 Å². The molecule has 118 valence electrons. The summed E-state index contributed by atoms with van der Waals surface area (Å²) in [5.74, 6) is -3.92. The van der Waals surface area contributed by atoms with Crippen LogP contribution in [-0.2, 0) is 4.79 Å². The molecular weight excluding hydrogens is 376 g/mol. The SMILES string of the molecule is CC(C)[C@@H](C(=O)[O-])N1C(=O)c2c(Cl)c(Cl)c(Cl)c(Cl)c2C1=O. The van der Waals surface area contributed by atoms with E-state index in [0.717, 1.165) is 0 Å². The molecule has 1 aliphatic heterocycles. The Balaban J connectivity index is 2.71. The molecule has 0 fully saturated rings. The van der Waals surface area contributed by atoms with E-state index in [9.17, 15) is 19.5 Å². The zero-order valence-corrected chi connectivity index (χ0v) is 14.3. The summed E-state index contributed by atoms with van der Waals surface area (Å²) in [5, 5.41) is 10.5. The molecule has 1 atom stereocenters. The number of carbonyl (C=O) groups excluding carboxylic acids is 3. The van der Waals surface area contributed by atoms with Gasteiger partial charge in [0.05, 0.1) is 43.2 Å². The van der Waals surface area contributed by atoms with E-state index in [2.05, 4.69) is 0 Å². The lowest BCUT2D eigenvalue weighted by molar-refractivity contribution is -0.311. The molecule has 1 aromatic rings. The van der Waals surface area contributed by atoms with E-state index in [4.69, 9.17) is 46.4 Å². The van der Waals surface area contributed by atoms with Crippen LogP contribution in [0, 0.1) is 5.92 Å². The summed E-state index contributed by atoms with van der Waals surface area (Å²) in [7, 11) is 0. The van der Waals surface area contributed by atoms with Gasteiger partial charge in [0.15, 0.2) is 0 Å². The maximum atomic E-state index is 12.5. The molecule has 0 aliphatic carbocycles. The number of rotatable bonds is 3. The molecule has 1 aliphatic rings. The number of hydrogen-bond acceptors (Lipinski definition) is 4. The Bertz CT molecular complexity index is 670. The van der Waals surface area contributed by atoms with Crippen molar-refractivity contribution in [1.82, 2.24) is 4.90 Å². The third-order valence-corrected chi connectivity index (χ3v) is 5.09. The highest BCUT2D eigenvalue weighted by molar-refractivity contribution is 6.55. The Morgan fingerprint density at radius 3 is 1.55 bits per heavy atom. The highest BCUT2D eigenvalue weighted by Crippen LogP contribution is 2.45. The Kier molecular flexibility index (Phi) is 4.64. The van der Waals surface area contributed by atoms with Crippen LogP contribution >= 0.6 is 46.4 Å². The predicted octanol–water partition coefficient (Wildman–Crippen LogP) is 2.67. The lowest BCUT2D eigenvalue weighted by atomic mass is 10.0. The fraction of sp³-hybridized carbons (Fsp3) is 0.308. The minimum atomic E-state index is -1.56. The molecule has 0 spiro atoms. The van der Waals surface area contributed by atoms with Gasteiger partial charge in [0.25, 0.3) is 11.8 Å². The Labute approximate surface area is 145 Å². The van der Waals surface area contributed by atoms with E-state index < -0.39 is 29.7 Å². The van der Waals surface area contributed by atoms with Crippen molar-refractivity contribution in [1.29, 1.82) is 0 Å². The van der Waals surface area contributed by atoms with Crippen molar-refractivity contribution in [2.45, 2.75) is 19.9 Å². The fourth-order valence-electron chi connectivity index (χ4n) is 2.29. The van der Waals surface area contributed by atoms with E-state index >= 15 is 0 Å². The summed E-state index contributed by atoms with van der Waals surface area (Å²) in [6.07, 6.45) is 0. The first-order valence-electron chi connectivity index (χ1n) is 6.05. The van der Waals surface area contributed by atoms with Gasteiger partial charge in [0.1, 0.15) is 0 Å². The van der Waals surface area contributed by atoms with E-state index in [0.29, 0.717) is 4.90 Å². The molecule has 0 N–H and O–H groups in total. The van der Waals surface area contributed by atoms with Crippen molar-refractivity contribution in [3.8, 4) is 0 Å². The van der Waals surface area contributed by atoms with Crippen molar-refractivity contribution in [2.75, 3.05) is 0 Å². The molecule has 2 amide bonds. The van der Waals surface area contributed by atoms with Crippen molar-refractivity contribution < 1.29 is 19.5 Å². The molecule has 2 rings (SSSR count). The first-order chi connectivity index (χ1) is 10.1. The second kappa shape index (κ2) is 5.89. The smallest absolute Gasteiger partial charge is 0.263 e. The molecule has 0 saturated heterocycles. The van der Waals surface area contributed by atoms with Gasteiger partial charge in [-0.1, -0.05) is 60.3 Å². The van der Waals surface area contributed by atoms with E-state index in [1.165, 1.54) is 13.8 Å². The average Bonchev–Trinajstić information content (AvgIpc) is 2.67. The first kappa shape index (κ1) is 17.3. The average molecular weight is 384 g/mol. The molecule has 0 unspecified atom stereocenters. The zero-order valence-electron chi connectivity index (χ0n) is 11.2. The second-order valence-electron chi connectivity index (χ2n) is 4.99. The Hall–Kier alpha value is -1.01. The molecular formula is C13H8Cl4NO4-. The highest BCUT2D eigenvalue weighted by Gasteiger charge is 2.45. The Morgan fingerprint density at radius 1 is 0.909 bits per heavy atom. The number of carboxylic acids is 1. The molecule has 9 heteroatoms. The summed E-state index contributed by atoms with van der Waals surface area (Å²) in [6, 6.07) is -1.46. The standard InChI is InChI=1S/C13H9Cl4NO4/c1-3(2)10(13(21)22)18-11(19)4-5(12(18)20)7(15)9(17)8(16)6(4)14/h3,10H,1-2H3,(H,21,22)/p-1/t10-/m0/s1. The van der Waals surface area contributed by atoms with Crippen LogP contribution in [0.1, 0.15) is 34.6 Å². The van der Waals surface area contributed by atoms with Gasteiger partial charge in [0.2, 0.25) is 0 Å². The van der Waals surface area contributed by atoms with Crippen LogP contribution in [0.15, 0.2) is 0 Å². The van der Waals surface area contributed by atoms with Crippen LogP contribution in [-0.4, -0.2) is 28.7 Å². The summed E-state index contributed by atoms with van der Waals surface area (Å²) in [5.41, 5.74) is -0.504. The van der Waals surface area contributed by atoms with Gasteiger partial charge in [-0.2, -0.15) is 0 Å². The van der Waals surface area contributed by atoms with Crippen molar-refractivity contribution in [3.63, 3.8) is 0 Å². The quantitative estimate of drug-likeness (QED) is 0.456. The third kappa shape index (κ3) is 2.36.